The number of guanidine groups is 1. The number of halogens is 1. The summed E-state index contributed by atoms with van der Waals surface area (Å²) in [4.78, 5) is 15.4. The predicted octanol–water partition coefficient (Wildman–Crippen LogP) is 1.79. The van der Waals surface area contributed by atoms with Crippen LogP contribution in [0.3, 0.4) is 0 Å². The fourth-order valence-electron chi connectivity index (χ4n) is 1.85. The van der Waals surface area contributed by atoms with Crippen molar-refractivity contribution in [3.05, 3.63) is 0 Å². The molecule has 6 heteroatoms. The van der Waals surface area contributed by atoms with Crippen LogP contribution in [0.4, 0.5) is 0 Å². The minimum atomic E-state index is -0.472. The fraction of sp³-hybridized carbons (Fsp3) is 0.833. The normalized spacial score (nSPS) is 17.2. The van der Waals surface area contributed by atoms with Gasteiger partial charge in [-0.2, -0.15) is 0 Å². The van der Waals surface area contributed by atoms with Crippen LogP contribution in [0, 0.1) is 0 Å². The van der Waals surface area contributed by atoms with E-state index in [-0.39, 0.29) is 36.5 Å². The van der Waals surface area contributed by atoms with Crippen LogP contribution in [-0.4, -0.2) is 30.1 Å². The maximum Gasteiger partial charge on any atom is 0.328 e. The highest BCUT2D eigenvalue weighted by atomic mass is 127. The monoisotopic (exact) mass is 369 g/mol. The van der Waals surface area contributed by atoms with Crippen molar-refractivity contribution in [2.75, 3.05) is 6.54 Å². The van der Waals surface area contributed by atoms with E-state index < -0.39 is 5.60 Å². The Morgan fingerprint density at radius 3 is 2.44 bits per heavy atom. The van der Waals surface area contributed by atoms with Crippen molar-refractivity contribution in [3.8, 4) is 0 Å². The third-order valence-corrected chi connectivity index (χ3v) is 2.51. The molecule has 1 fully saturated rings. The van der Waals surface area contributed by atoms with Crippen LogP contribution >= 0.6 is 24.0 Å². The topological polar surface area (TPSA) is 76.7 Å². The number of nitrogens with zero attached hydrogens (tertiary/aromatic N) is 1. The van der Waals surface area contributed by atoms with Crippen LogP contribution < -0.4 is 11.1 Å². The number of rotatable bonds is 3. The Labute approximate surface area is 126 Å². The Hall–Kier alpha value is -0.530. The van der Waals surface area contributed by atoms with E-state index in [0.717, 1.165) is 12.8 Å². The van der Waals surface area contributed by atoms with Gasteiger partial charge in [0.15, 0.2) is 5.96 Å². The van der Waals surface area contributed by atoms with Gasteiger partial charge >= 0.3 is 5.97 Å². The molecule has 0 aromatic heterocycles. The first-order valence-corrected chi connectivity index (χ1v) is 6.15. The number of esters is 1. The minimum absolute atomic E-state index is 0. The van der Waals surface area contributed by atoms with Crippen molar-refractivity contribution in [2.24, 2.45) is 10.7 Å². The molecule has 18 heavy (non-hydrogen) atoms. The second kappa shape index (κ2) is 7.81. The Balaban J connectivity index is 0.00000289. The second-order valence-corrected chi connectivity index (χ2v) is 5.41. The van der Waals surface area contributed by atoms with Gasteiger partial charge in [0.1, 0.15) is 12.1 Å². The zero-order valence-electron chi connectivity index (χ0n) is 11.4. The van der Waals surface area contributed by atoms with E-state index in [1.807, 2.05) is 20.8 Å². The quantitative estimate of drug-likeness (QED) is 0.344. The summed E-state index contributed by atoms with van der Waals surface area (Å²) >= 11 is 0. The van der Waals surface area contributed by atoms with Gasteiger partial charge in [-0.25, -0.2) is 4.99 Å². The third kappa shape index (κ3) is 7.73. The van der Waals surface area contributed by atoms with E-state index in [2.05, 4.69) is 10.3 Å². The summed E-state index contributed by atoms with van der Waals surface area (Å²) in [6, 6.07) is 0.414. The lowest BCUT2D eigenvalue weighted by Crippen LogP contribution is -2.39. The molecule has 0 amide bonds. The van der Waals surface area contributed by atoms with E-state index in [9.17, 15) is 4.79 Å². The highest BCUT2D eigenvalue weighted by Crippen LogP contribution is 2.17. The molecule has 0 radical (unpaired) electrons. The zero-order valence-corrected chi connectivity index (χ0v) is 13.7. The van der Waals surface area contributed by atoms with E-state index in [4.69, 9.17) is 10.5 Å². The highest BCUT2D eigenvalue weighted by molar-refractivity contribution is 14.0. The lowest BCUT2D eigenvalue weighted by Gasteiger charge is -2.19. The first-order chi connectivity index (χ1) is 7.87. The molecule has 1 rings (SSSR count). The molecular formula is C12H24IN3O2. The summed E-state index contributed by atoms with van der Waals surface area (Å²) in [6.07, 6.45) is 4.72. The van der Waals surface area contributed by atoms with Crippen molar-refractivity contribution < 1.29 is 9.53 Å². The Bertz CT molecular complexity index is 294. The highest BCUT2D eigenvalue weighted by Gasteiger charge is 2.17. The second-order valence-electron chi connectivity index (χ2n) is 5.41. The average Bonchev–Trinajstić information content (AvgIpc) is 2.64. The number of nitrogens with two attached hydrogens (primary N) is 1. The first kappa shape index (κ1) is 17.5. The summed E-state index contributed by atoms with van der Waals surface area (Å²) in [5.74, 6) is -0.0172. The van der Waals surface area contributed by atoms with Crippen molar-refractivity contribution in [1.82, 2.24) is 5.32 Å². The molecule has 0 atom stereocenters. The van der Waals surface area contributed by atoms with Crippen LogP contribution in [-0.2, 0) is 9.53 Å². The standard InChI is InChI=1S/C12H23N3O2.HI/c1-12(2,3)17-10(16)8-14-11(13)15-9-6-4-5-7-9;/h9H,4-8H2,1-3H3,(H3,13,14,15);1H. The number of hydrogen-bond acceptors (Lipinski definition) is 3. The van der Waals surface area contributed by atoms with Crippen LogP contribution in [0.2, 0.25) is 0 Å². The molecule has 3 N–H and O–H groups in total. The predicted molar refractivity (Wildman–Crippen MR) is 83.1 cm³/mol. The van der Waals surface area contributed by atoms with Crippen LogP contribution in [0.5, 0.6) is 0 Å². The molecule has 1 aliphatic rings. The van der Waals surface area contributed by atoms with E-state index in [1.54, 1.807) is 0 Å². The van der Waals surface area contributed by atoms with Crippen LogP contribution in [0.15, 0.2) is 4.99 Å². The molecule has 0 unspecified atom stereocenters. The van der Waals surface area contributed by atoms with Gasteiger partial charge in [0.2, 0.25) is 0 Å². The van der Waals surface area contributed by atoms with Crippen molar-refractivity contribution in [1.29, 1.82) is 0 Å². The van der Waals surface area contributed by atoms with Gasteiger partial charge in [0, 0.05) is 6.04 Å². The Morgan fingerprint density at radius 1 is 1.39 bits per heavy atom. The Kier molecular flexibility index (Phi) is 7.58. The van der Waals surface area contributed by atoms with Gasteiger partial charge in [-0.3, -0.25) is 4.79 Å². The lowest BCUT2D eigenvalue weighted by molar-refractivity contribution is -0.152. The van der Waals surface area contributed by atoms with Crippen molar-refractivity contribution >= 4 is 35.9 Å². The molecule has 0 saturated heterocycles. The van der Waals surface area contributed by atoms with Gasteiger partial charge in [-0.1, -0.05) is 12.8 Å². The molecule has 106 valence electrons. The summed E-state index contributed by atoms with van der Waals surface area (Å²) in [6.45, 7) is 5.46. The minimum Gasteiger partial charge on any atom is -0.459 e. The van der Waals surface area contributed by atoms with Gasteiger partial charge in [0.05, 0.1) is 0 Å². The fourth-order valence-corrected chi connectivity index (χ4v) is 1.85. The molecule has 1 saturated carbocycles. The van der Waals surface area contributed by atoms with Gasteiger partial charge in [0.25, 0.3) is 0 Å². The largest absolute Gasteiger partial charge is 0.459 e. The maximum absolute atomic E-state index is 11.4. The molecule has 0 heterocycles. The molecule has 0 aromatic rings. The number of aliphatic imine (C=N–C) groups is 1. The molecule has 1 aliphatic carbocycles. The summed E-state index contributed by atoms with van der Waals surface area (Å²) in [7, 11) is 0. The SMILES string of the molecule is CC(C)(C)OC(=O)CN=C(N)NC1CCCC1.I. The van der Waals surface area contributed by atoms with Crippen LogP contribution in [0.1, 0.15) is 46.5 Å². The summed E-state index contributed by atoms with van der Waals surface area (Å²) < 4.78 is 5.13. The summed E-state index contributed by atoms with van der Waals surface area (Å²) in [5.41, 5.74) is 5.22. The number of carbonyl (C=O) groups excluding carboxylic acids is 1. The molecular weight excluding hydrogens is 345 g/mol. The van der Waals surface area contributed by atoms with E-state index in [0.29, 0.717) is 12.0 Å². The molecule has 0 aromatic carbocycles. The smallest absolute Gasteiger partial charge is 0.328 e. The van der Waals surface area contributed by atoms with Gasteiger partial charge in [-0.15, -0.1) is 24.0 Å². The zero-order chi connectivity index (χ0) is 12.9. The van der Waals surface area contributed by atoms with Crippen molar-refractivity contribution in [3.63, 3.8) is 0 Å². The molecule has 0 spiro atoms. The lowest BCUT2D eigenvalue weighted by atomic mass is 10.2. The maximum atomic E-state index is 11.4. The average molecular weight is 369 g/mol. The summed E-state index contributed by atoms with van der Waals surface area (Å²) in [5, 5.41) is 3.12. The molecule has 0 bridgehead atoms. The number of carbonyl (C=O) groups is 1. The van der Waals surface area contributed by atoms with Crippen molar-refractivity contribution in [2.45, 2.75) is 58.1 Å². The van der Waals surface area contributed by atoms with E-state index >= 15 is 0 Å². The first-order valence-electron chi connectivity index (χ1n) is 6.15. The molecule has 0 aliphatic heterocycles. The van der Waals surface area contributed by atoms with Gasteiger partial charge < -0.3 is 15.8 Å². The van der Waals surface area contributed by atoms with E-state index in [1.165, 1.54) is 12.8 Å². The number of nitrogens with one attached hydrogen (secondary N) is 1. The molecule has 5 nitrogen and oxygen atoms in total. The van der Waals surface area contributed by atoms with Crippen LogP contribution in [0.25, 0.3) is 0 Å². The number of ether oxygens (including phenoxy) is 1. The number of hydrogen-bond donors (Lipinski definition) is 2. The Morgan fingerprint density at radius 2 is 1.94 bits per heavy atom. The third-order valence-electron chi connectivity index (χ3n) is 2.51. The van der Waals surface area contributed by atoms with Gasteiger partial charge in [-0.05, 0) is 33.6 Å².